The van der Waals surface area contributed by atoms with Crippen molar-refractivity contribution in [3.05, 3.63) is 42.6 Å². The fourth-order valence-electron chi connectivity index (χ4n) is 3.73. The second kappa shape index (κ2) is 9.70. The molecule has 34 heavy (non-hydrogen) atoms. The van der Waals surface area contributed by atoms with Crippen molar-refractivity contribution in [1.29, 1.82) is 0 Å². The van der Waals surface area contributed by atoms with E-state index in [1.807, 2.05) is 25.7 Å². The number of amides is 2. The molecule has 2 aliphatic heterocycles. The summed E-state index contributed by atoms with van der Waals surface area (Å²) in [5, 5.41) is 0. The fourth-order valence-corrected chi connectivity index (χ4v) is 3.73. The molecule has 0 unspecified atom stereocenters. The number of anilines is 2. The van der Waals surface area contributed by atoms with Crippen molar-refractivity contribution in [2.45, 2.75) is 32.5 Å². The van der Waals surface area contributed by atoms with Gasteiger partial charge in [0.2, 0.25) is 5.88 Å². The van der Waals surface area contributed by atoms with Crippen molar-refractivity contribution in [3.8, 4) is 5.88 Å². The van der Waals surface area contributed by atoms with Crippen LogP contribution in [0.25, 0.3) is 0 Å². The summed E-state index contributed by atoms with van der Waals surface area (Å²) in [6.07, 6.45) is 3.06. The molecule has 0 saturated carbocycles. The van der Waals surface area contributed by atoms with Crippen LogP contribution in [-0.2, 0) is 9.47 Å². The molecule has 3 heterocycles. The number of benzene rings is 1. The number of hydrogen-bond acceptors (Lipinski definition) is 8. The summed E-state index contributed by atoms with van der Waals surface area (Å²) in [7, 11) is 0. The van der Waals surface area contributed by atoms with Crippen LogP contribution < -0.4 is 14.5 Å². The van der Waals surface area contributed by atoms with Crippen LogP contribution in [0.5, 0.6) is 5.88 Å². The van der Waals surface area contributed by atoms with Gasteiger partial charge in [-0.15, -0.1) is 0 Å². The zero-order chi connectivity index (χ0) is 24.3. The summed E-state index contributed by atoms with van der Waals surface area (Å²) in [5.74, 6) is -0.116. The highest BCUT2D eigenvalue weighted by Gasteiger charge is 2.34. The van der Waals surface area contributed by atoms with Crippen LogP contribution >= 0.6 is 0 Å². The Balaban J connectivity index is 1.33. The van der Waals surface area contributed by atoms with Gasteiger partial charge in [-0.25, -0.2) is 19.0 Å². The lowest BCUT2D eigenvalue weighted by Crippen LogP contribution is -2.50. The number of carbonyl (C=O) groups is 2. The number of halogens is 1. The molecule has 0 bridgehead atoms. The quantitative estimate of drug-likeness (QED) is 0.654. The minimum Gasteiger partial charge on any atom is -0.473 e. The molecule has 1 aromatic heterocycles. The Bertz CT molecular complexity index is 1020. The zero-order valence-electron chi connectivity index (χ0n) is 19.4. The molecular formula is C23H28FN5O5. The largest absolute Gasteiger partial charge is 0.473 e. The Morgan fingerprint density at radius 1 is 1.21 bits per heavy atom. The molecule has 2 aliphatic rings. The van der Waals surface area contributed by atoms with E-state index in [1.54, 1.807) is 17.0 Å². The highest BCUT2D eigenvalue weighted by Crippen LogP contribution is 2.29. The average Bonchev–Trinajstić information content (AvgIpc) is 3.18. The van der Waals surface area contributed by atoms with Crippen molar-refractivity contribution < 1.29 is 28.2 Å². The molecule has 0 N–H and O–H groups in total. The van der Waals surface area contributed by atoms with Gasteiger partial charge in [0.25, 0.3) is 0 Å². The Morgan fingerprint density at radius 2 is 1.97 bits per heavy atom. The van der Waals surface area contributed by atoms with E-state index in [2.05, 4.69) is 9.97 Å². The third kappa shape index (κ3) is 5.64. The van der Waals surface area contributed by atoms with Crippen molar-refractivity contribution in [1.82, 2.24) is 14.9 Å². The summed E-state index contributed by atoms with van der Waals surface area (Å²) in [6, 6.07) is 4.65. The monoisotopic (exact) mass is 473 g/mol. The van der Waals surface area contributed by atoms with Gasteiger partial charge in [-0.3, -0.25) is 9.88 Å². The minimum atomic E-state index is -0.564. The molecule has 10 nitrogen and oxygen atoms in total. The highest BCUT2D eigenvalue weighted by atomic mass is 19.1. The second-order valence-corrected chi connectivity index (χ2v) is 9.06. The first-order chi connectivity index (χ1) is 16.2. The van der Waals surface area contributed by atoms with E-state index in [9.17, 15) is 14.0 Å². The lowest BCUT2D eigenvalue weighted by atomic mass is 10.2. The smallest absolute Gasteiger partial charge is 0.414 e. The Labute approximate surface area is 197 Å². The number of aromatic nitrogens is 2. The number of ether oxygens (including phenoxy) is 3. The maximum absolute atomic E-state index is 15.0. The number of carbonyl (C=O) groups excluding carboxylic acids is 2. The third-order valence-electron chi connectivity index (χ3n) is 5.35. The van der Waals surface area contributed by atoms with Crippen LogP contribution in [0.15, 0.2) is 36.8 Å². The van der Waals surface area contributed by atoms with E-state index >= 15 is 0 Å². The van der Waals surface area contributed by atoms with Crippen molar-refractivity contribution in [2.24, 2.45) is 0 Å². The maximum atomic E-state index is 15.0. The number of rotatable bonds is 5. The molecule has 2 saturated heterocycles. The summed E-state index contributed by atoms with van der Waals surface area (Å²) < 4.78 is 31.2. The first-order valence-electron chi connectivity index (χ1n) is 11.1. The first-order valence-corrected chi connectivity index (χ1v) is 11.1. The number of nitrogens with zero attached hydrogens (tertiary/aromatic N) is 5. The fraction of sp³-hybridized carbons (Fsp3) is 0.478. The van der Waals surface area contributed by atoms with Crippen molar-refractivity contribution >= 4 is 23.6 Å². The third-order valence-corrected chi connectivity index (χ3v) is 5.35. The van der Waals surface area contributed by atoms with Gasteiger partial charge in [-0.1, -0.05) is 0 Å². The molecule has 0 radical (unpaired) electrons. The second-order valence-electron chi connectivity index (χ2n) is 9.06. The van der Waals surface area contributed by atoms with Crippen LogP contribution in [0.3, 0.4) is 0 Å². The molecule has 1 aromatic carbocycles. The predicted octanol–water partition coefficient (Wildman–Crippen LogP) is 3.08. The molecule has 2 aromatic rings. The van der Waals surface area contributed by atoms with Crippen molar-refractivity contribution in [2.75, 3.05) is 49.1 Å². The molecule has 1 atom stereocenters. The van der Waals surface area contributed by atoms with Gasteiger partial charge in [-0.2, -0.15) is 0 Å². The van der Waals surface area contributed by atoms with Crippen LogP contribution in [0.2, 0.25) is 0 Å². The van der Waals surface area contributed by atoms with E-state index in [4.69, 9.17) is 14.2 Å². The van der Waals surface area contributed by atoms with Crippen LogP contribution in [-0.4, -0.2) is 78.1 Å². The number of cyclic esters (lactones) is 1. The number of piperazine rings is 1. The van der Waals surface area contributed by atoms with Gasteiger partial charge in [0, 0.05) is 38.6 Å². The Morgan fingerprint density at radius 3 is 2.62 bits per heavy atom. The molecule has 11 heteroatoms. The van der Waals surface area contributed by atoms with Gasteiger partial charge in [-0.05, 0) is 39.0 Å². The SMILES string of the molecule is CC(C)(C)OC(=O)N1CCN(c2ccc(N3C[C@H](COc4cnccn4)OC3=O)cc2F)CC1. The van der Waals surface area contributed by atoms with Gasteiger partial charge >= 0.3 is 12.2 Å². The van der Waals surface area contributed by atoms with E-state index in [-0.39, 0.29) is 19.2 Å². The molecule has 2 fully saturated rings. The van der Waals surface area contributed by atoms with Crippen LogP contribution in [0.4, 0.5) is 25.4 Å². The van der Waals surface area contributed by atoms with Crippen LogP contribution in [0.1, 0.15) is 20.8 Å². The predicted molar refractivity (Wildman–Crippen MR) is 122 cm³/mol. The summed E-state index contributed by atoms with van der Waals surface area (Å²) in [4.78, 5) is 37.4. The standard InChI is InChI=1S/C23H28FN5O5/c1-23(2,3)34-21(30)28-10-8-27(9-11-28)19-5-4-16(12-18(19)24)29-14-17(33-22(29)31)15-32-20-13-25-6-7-26-20/h4-7,12-13,17H,8-11,14-15H2,1-3H3/t17-/m1/s1. The number of hydrogen-bond donors (Lipinski definition) is 0. The lowest BCUT2D eigenvalue weighted by Gasteiger charge is -2.37. The molecular weight excluding hydrogens is 445 g/mol. The Hall–Kier alpha value is -3.63. The topological polar surface area (TPSA) is 97.3 Å². The first kappa shape index (κ1) is 23.5. The minimum absolute atomic E-state index is 0.115. The van der Waals surface area contributed by atoms with Crippen LogP contribution in [0, 0.1) is 5.82 Å². The molecule has 2 amide bonds. The molecule has 0 aliphatic carbocycles. The summed E-state index contributed by atoms with van der Waals surface area (Å²) in [5.41, 5.74) is 0.261. The van der Waals surface area contributed by atoms with Gasteiger partial charge in [0.1, 0.15) is 18.0 Å². The lowest BCUT2D eigenvalue weighted by molar-refractivity contribution is 0.0240. The zero-order valence-corrected chi connectivity index (χ0v) is 19.4. The van der Waals surface area contributed by atoms with Crippen molar-refractivity contribution in [3.63, 3.8) is 0 Å². The summed E-state index contributed by atoms with van der Waals surface area (Å²) in [6.45, 7) is 7.62. The van der Waals surface area contributed by atoms with E-state index in [0.717, 1.165) is 0 Å². The Kier molecular flexibility index (Phi) is 6.71. The van der Waals surface area contributed by atoms with Gasteiger partial charge in [0.15, 0.2) is 6.10 Å². The maximum Gasteiger partial charge on any atom is 0.414 e. The molecule has 0 spiro atoms. The average molecular weight is 474 g/mol. The van der Waals surface area contributed by atoms with Gasteiger partial charge in [0.05, 0.1) is 24.1 Å². The highest BCUT2D eigenvalue weighted by molar-refractivity contribution is 5.90. The van der Waals surface area contributed by atoms with Gasteiger partial charge < -0.3 is 24.0 Å². The van der Waals surface area contributed by atoms with E-state index in [1.165, 1.54) is 29.6 Å². The molecule has 4 rings (SSSR count). The summed E-state index contributed by atoms with van der Waals surface area (Å²) >= 11 is 0. The normalized spacial score (nSPS) is 18.6. The molecule has 182 valence electrons. The van der Waals surface area contributed by atoms with E-state index < -0.39 is 23.6 Å². The van der Waals surface area contributed by atoms with E-state index in [0.29, 0.717) is 43.4 Å².